The van der Waals surface area contributed by atoms with Gasteiger partial charge < -0.3 is 19.9 Å². The predicted molar refractivity (Wildman–Crippen MR) is 138 cm³/mol. The minimum Gasteiger partial charge on any atom is -0.612 e. The standard InChI is InChI=1S/C26H26FN5O3S/c1-3-32-24-17(12-21(25(32)33)20-13-19(36(2)34)8-9-22(20)27)14-29-26(31-24)30-18-6-4-16(5-7-18)23-15-28-10-11-35-23/h4-9,12-14,23,28H,3,10-11,15H2,1-2H3,(H,29,30,31). The van der Waals surface area contributed by atoms with Gasteiger partial charge in [0.15, 0.2) is 4.90 Å². The van der Waals surface area contributed by atoms with Gasteiger partial charge >= 0.3 is 0 Å². The Morgan fingerprint density at radius 1 is 1.22 bits per heavy atom. The van der Waals surface area contributed by atoms with Crippen molar-refractivity contribution >= 4 is 33.8 Å². The highest BCUT2D eigenvalue weighted by Crippen LogP contribution is 2.27. The molecule has 1 aliphatic heterocycles. The van der Waals surface area contributed by atoms with E-state index in [9.17, 15) is 13.7 Å². The van der Waals surface area contributed by atoms with E-state index in [2.05, 4.69) is 20.6 Å². The number of rotatable bonds is 6. The molecule has 2 N–H and O–H groups in total. The third-order valence-corrected chi connectivity index (χ3v) is 7.09. The minimum atomic E-state index is -1.31. The van der Waals surface area contributed by atoms with Crippen molar-refractivity contribution in [2.75, 3.05) is 31.3 Å². The number of morpholine rings is 1. The Morgan fingerprint density at radius 3 is 2.72 bits per heavy atom. The molecule has 0 saturated carbocycles. The molecule has 0 radical (unpaired) electrons. The zero-order valence-corrected chi connectivity index (χ0v) is 20.8. The van der Waals surface area contributed by atoms with Crippen LogP contribution in [0.15, 0.2) is 64.4 Å². The van der Waals surface area contributed by atoms with Gasteiger partial charge in [0.05, 0.1) is 18.3 Å². The lowest BCUT2D eigenvalue weighted by Crippen LogP contribution is -2.33. The molecule has 0 bridgehead atoms. The molecule has 0 aliphatic carbocycles. The van der Waals surface area contributed by atoms with Crippen LogP contribution in [0.3, 0.4) is 0 Å². The van der Waals surface area contributed by atoms with Crippen LogP contribution in [0.4, 0.5) is 16.0 Å². The number of hydrogen-bond acceptors (Lipinski definition) is 7. The van der Waals surface area contributed by atoms with E-state index in [-0.39, 0.29) is 22.8 Å². The molecule has 2 aromatic heterocycles. The number of aromatic nitrogens is 3. The molecule has 10 heteroatoms. The van der Waals surface area contributed by atoms with E-state index < -0.39 is 17.0 Å². The van der Waals surface area contributed by atoms with E-state index in [0.29, 0.717) is 35.0 Å². The fourth-order valence-corrected chi connectivity index (χ4v) is 4.83. The molecular formula is C26H26FN5O3S. The van der Waals surface area contributed by atoms with Crippen LogP contribution in [-0.4, -0.2) is 45.0 Å². The fraction of sp³-hybridized carbons (Fsp3) is 0.269. The highest BCUT2D eigenvalue weighted by molar-refractivity contribution is 7.90. The molecular weight excluding hydrogens is 481 g/mol. The van der Waals surface area contributed by atoms with Crippen LogP contribution in [0, 0.1) is 5.82 Å². The summed E-state index contributed by atoms with van der Waals surface area (Å²) in [5.74, 6) is -0.213. The zero-order valence-electron chi connectivity index (χ0n) is 20.0. The van der Waals surface area contributed by atoms with E-state index in [1.165, 1.54) is 29.0 Å². The number of anilines is 2. The van der Waals surface area contributed by atoms with Gasteiger partial charge in [-0.3, -0.25) is 9.36 Å². The second-order valence-electron chi connectivity index (χ2n) is 8.49. The van der Waals surface area contributed by atoms with E-state index in [4.69, 9.17) is 4.74 Å². The van der Waals surface area contributed by atoms with Gasteiger partial charge in [-0.25, -0.2) is 9.37 Å². The molecule has 36 heavy (non-hydrogen) atoms. The number of nitrogens with zero attached hydrogens (tertiary/aromatic N) is 3. The van der Waals surface area contributed by atoms with Gasteiger partial charge in [0, 0.05) is 48.5 Å². The molecule has 0 amide bonds. The lowest BCUT2D eigenvalue weighted by molar-refractivity contribution is 0.0277. The van der Waals surface area contributed by atoms with Crippen LogP contribution in [0.25, 0.3) is 22.2 Å². The normalized spacial score (nSPS) is 16.7. The number of halogens is 1. The van der Waals surface area contributed by atoms with E-state index >= 15 is 0 Å². The first-order chi connectivity index (χ1) is 17.4. The van der Waals surface area contributed by atoms with Gasteiger partial charge in [-0.05, 0) is 54.0 Å². The summed E-state index contributed by atoms with van der Waals surface area (Å²) < 4.78 is 33.9. The predicted octanol–water partition coefficient (Wildman–Crippen LogP) is 3.76. The van der Waals surface area contributed by atoms with Crippen LogP contribution in [-0.2, 0) is 22.5 Å². The summed E-state index contributed by atoms with van der Waals surface area (Å²) in [6.45, 7) is 4.49. The van der Waals surface area contributed by atoms with Gasteiger partial charge in [-0.1, -0.05) is 12.1 Å². The van der Waals surface area contributed by atoms with Crippen LogP contribution in [0.2, 0.25) is 0 Å². The van der Waals surface area contributed by atoms with Crippen molar-refractivity contribution in [3.63, 3.8) is 0 Å². The fourth-order valence-electron chi connectivity index (χ4n) is 4.28. The number of pyridine rings is 1. The van der Waals surface area contributed by atoms with Gasteiger partial charge in [-0.2, -0.15) is 4.98 Å². The molecule has 2 atom stereocenters. The molecule has 2 aromatic carbocycles. The summed E-state index contributed by atoms with van der Waals surface area (Å²) in [6.07, 6.45) is 3.15. The highest BCUT2D eigenvalue weighted by atomic mass is 32.2. The van der Waals surface area contributed by atoms with Gasteiger partial charge in [-0.15, -0.1) is 0 Å². The summed E-state index contributed by atoms with van der Waals surface area (Å²) in [4.78, 5) is 22.8. The maximum atomic E-state index is 14.7. The Hall–Kier alpha value is -3.31. The molecule has 8 nitrogen and oxygen atoms in total. The lowest BCUT2D eigenvalue weighted by atomic mass is 10.1. The number of nitrogens with one attached hydrogen (secondary N) is 2. The Kier molecular flexibility index (Phi) is 7.01. The summed E-state index contributed by atoms with van der Waals surface area (Å²) >= 11 is -1.31. The number of aryl methyl sites for hydroxylation is 1. The molecule has 2 unspecified atom stereocenters. The summed E-state index contributed by atoms with van der Waals surface area (Å²) in [6, 6.07) is 13.6. The second kappa shape index (κ2) is 10.4. The first-order valence-electron chi connectivity index (χ1n) is 11.7. The van der Waals surface area contributed by atoms with Gasteiger partial charge in [0.1, 0.15) is 17.7 Å². The van der Waals surface area contributed by atoms with E-state index in [1.807, 2.05) is 31.2 Å². The van der Waals surface area contributed by atoms with Crippen molar-refractivity contribution in [3.05, 3.63) is 76.5 Å². The van der Waals surface area contributed by atoms with Crippen LogP contribution in [0.1, 0.15) is 18.6 Å². The molecule has 1 fully saturated rings. The monoisotopic (exact) mass is 507 g/mol. The summed E-state index contributed by atoms with van der Waals surface area (Å²) in [7, 11) is 0. The lowest BCUT2D eigenvalue weighted by Gasteiger charge is -2.24. The van der Waals surface area contributed by atoms with Crippen molar-refractivity contribution < 1.29 is 13.7 Å². The largest absolute Gasteiger partial charge is 0.612 e. The van der Waals surface area contributed by atoms with Gasteiger partial charge in [0.25, 0.3) is 5.56 Å². The molecule has 5 rings (SSSR count). The number of ether oxygens (including phenoxy) is 1. The average Bonchev–Trinajstić information content (AvgIpc) is 2.90. The molecule has 1 aliphatic rings. The van der Waals surface area contributed by atoms with Crippen LogP contribution < -0.4 is 16.2 Å². The summed E-state index contributed by atoms with van der Waals surface area (Å²) in [5, 5.41) is 7.10. The number of fused-ring (bicyclic) bond motifs is 1. The highest BCUT2D eigenvalue weighted by Gasteiger charge is 2.18. The van der Waals surface area contributed by atoms with E-state index in [1.54, 1.807) is 12.3 Å². The molecule has 4 aromatic rings. The molecule has 186 valence electrons. The zero-order chi connectivity index (χ0) is 25.2. The first-order valence-corrected chi connectivity index (χ1v) is 13.2. The van der Waals surface area contributed by atoms with Gasteiger partial charge in [0.2, 0.25) is 5.95 Å². The van der Waals surface area contributed by atoms with Crippen molar-refractivity contribution in [3.8, 4) is 11.1 Å². The third-order valence-electron chi connectivity index (χ3n) is 6.17. The van der Waals surface area contributed by atoms with Crippen LogP contribution in [0.5, 0.6) is 0 Å². The first kappa shape index (κ1) is 24.4. The smallest absolute Gasteiger partial charge is 0.260 e. The Balaban J connectivity index is 1.48. The van der Waals surface area contributed by atoms with Crippen molar-refractivity contribution in [2.24, 2.45) is 0 Å². The minimum absolute atomic E-state index is 0.0285. The number of benzene rings is 2. The molecule has 0 spiro atoms. The SMILES string of the molecule is CCn1c(=O)c(-c2cc([S+](C)[O-])ccc2F)cc2cnc(Nc3ccc(C4CNCCO4)cc3)nc21. The number of hydrogen-bond donors (Lipinski definition) is 2. The second-order valence-corrected chi connectivity index (χ2v) is 9.87. The third kappa shape index (κ3) is 4.85. The Labute approximate surface area is 210 Å². The van der Waals surface area contributed by atoms with Crippen molar-refractivity contribution in [1.82, 2.24) is 19.9 Å². The Morgan fingerprint density at radius 2 is 2.03 bits per heavy atom. The molecule has 3 heterocycles. The molecule has 1 saturated heterocycles. The van der Waals surface area contributed by atoms with E-state index in [0.717, 1.165) is 24.3 Å². The van der Waals surface area contributed by atoms with Crippen molar-refractivity contribution in [2.45, 2.75) is 24.5 Å². The van der Waals surface area contributed by atoms with Crippen molar-refractivity contribution in [1.29, 1.82) is 0 Å². The quantitative estimate of drug-likeness (QED) is 0.383. The maximum Gasteiger partial charge on any atom is 0.260 e. The van der Waals surface area contributed by atoms with Crippen LogP contribution >= 0.6 is 0 Å². The maximum absolute atomic E-state index is 14.7. The average molecular weight is 508 g/mol. The summed E-state index contributed by atoms with van der Waals surface area (Å²) in [5.41, 5.74) is 2.23. The Bertz CT molecular complexity index is 1450. The topological polar surface area (TPSA) is 104 Å².